The first-order chi connectivity index (χ1) is 7.08. The van der Waals surface area contributed by atoms with E-state index >= 15 is 0 Å². The van der Waals surface area contributed by atoms with Crippen LogP contribution in [0.2, 0.25) is 0 Å². The molecule has 15 heavy (non-hydrogen) atoms. The van der Waals surface area contributed by atoms with Crippen molar-refractivity contribution in [2.24, 2.45) is 0 Å². The molecule has 1 heterocycles. The molecule has 4 heteroatoms. The summed E-state index contributed by atoms with van der Waals surface area (Å²) in [7, 11) is 0. The number of hydrogen-bond donors (Lipinski definition) is 1. The summed E-state index contributed by atoms with van der Waals surface area (Å²) in [6, 6.07) is 6.31. The molecule has 0 aliphatic heterocycles. The number of thiazole rings is 1. The van der Waals surface area contributed by atoms with Crippen molar-refractivity contribution in [2.75, 3.05) is 5.73 Å². The lowest BCUT2D eigenvalue weighted by molar-refractivity contribution is 1.32. The van der Waals surface area contributed by atoms with Gasteiger partial charge in [-0.1, -0.05) is 23.5 Å². The van der Waals surface area contributed by atoms with Gasteiger partial charge < -0.3 is 5.73 Å². The maximum atomic E-state index is 5.66. The quantitative estimate of drug-likeness (QED) is 0.865. The molecule has 0 spiro atoms. The van der Waals surface area contributed by atoms with Crippen LogP contribution in [0.25, 0.3) is 11.3 Å². The van der Waals surface area contributed by atoms with Crippen LogP contribution >= 0.6 is 27.3 Å². The smallest absolute Gasteiger partial charge is 0.181 e. The molecule has 0 unspecified atom stereocenters. The molecular weight excluding hydrogens is 272 g/mol. The Morgan fingerprint density at radius 2 is 2.00 bits per heavy atom. The van der Waals surface area contributed by atoms with Gasteiger partial charge in [-0.15, -0.1) is 0 Å². The lowest BCUT2D eigenvalue weighted by Crippen LogP contribution is -1.86. The van der Waals surface area contributed by atoms with Gasteiger partial charge in [0.1, 0.15) is 0 Å². The third kappa shape index (κ3) is 2.06. The van der Waals surface area contributed by atoms with E-state index in [2.05, 4.69) is 53.0 Å². The molecule has 1 aromatic heterocycles. The Balaban J connectivity index is 2.54. The predicted molar refractivity (Wildman–Crippen MR) is 69.1 cm³/mol. The van der Waals surface area contributed by atoms with Crippen molar-refractivity contribution in [3.63, 3.8) is 0 Å². The van der Waals surface area contributed by atoms with E-state index in [-0.39, 0.29) is 0 Å². The summed E-state index contributed by atoms with van der Waals surface area (Å²) in [4.78, 5) is 4.30. The summed E-state index contributed by atoms with van der Waals surface area (Å²) in [5, 5.41) is 0.593. The highest BCUT2D eigenvalue weighted by atomic mass is 79.9. The standard InChI is InChI=1S/C11H11BrN2S/c1-6-3-4-8(5-7(6)2)9-10(12)15-11(13)14-9/h3-5H,1-2H3,(H2,13,14). The molecule has 0 aliphatic rings. The first-order valence-corrected chi connectivity index (χ1v) is 6.18. The average molecular weight is 283 g/mol. The first-order valence-electron chi connectivity index (χ1n) is 4.57. The third-order valence-electron chi connectivity index (χ3n) is 2.38. The van der Waals surface area contributed by atoms with Gasteiger partial charge in [0.15, 0.2) is 5.13 Å². The van der Waals surface area contributed by atoms with Gasteiger partial charge in [0, 0.05) is 5.56 Å². The molecule has 2 aromatic rings. The number of benzene rings is 1. The Labute approximate surface area is 101 Å². The summed E-state index contributed by atoms with van der Waals surface area (Å²) in [5.41, 5.74) is 10.3. The number of halogens is 1. The second kappa shape index (κ2) is 3.94. The zero-order chi connectivity index (χ0) is 11.0. The van der Waals surface area contributed by atoms with Crippen molar-refractivity contribution < 1.29 is 0 Å². The maximum Gasteiger partial charge on any atom is 0.181 e. The monoisotopic (exact) mass is 282 g/mol. The molecule has 0 atom stereocenters. The highest BCUT2D eigenvalue weighted by Crippen LogP contribution is 2.34. The first kappa shape index (κ1) is 10.6. The van der Waals surface area contributed by atoms with E-state index in [4.69, 9.17) is 5.73 Å². The number of nitrogens with zero attached hydrogens (tertiary/aromatic N) is 1. The minimum Gasteiger partial charge on any atom is -0.375 e. The molecule has 0 saturated heterocycles. The summed E-state index contributed by atoms with van der Waals surface area (Å²) in [6.45, 7) is 4.20. The highest BCUT2D eigenvalue weighted by Gasteiger charge is 2.09. The fourth-order valence-corrected chi connectivity index (χ4v) is 2.78. The Hall–Kier alpha value is -0.870. The van der Waals surface area contributed by atoms with Gasteiger partial charge in [-0.3, -0.25) is 0 Å². The van der Waals surface area contributed by atoms with Crippen LogP contribution in [0.15, 0.2) is 22.0 Å². The lowest BCUT2D eigenvalue weighted by Gasteiger charge is -2.02. The molecule has 0 aliphatic carbocycles. The number of hydrogen-bond acceptors (Lipinski definition) is 3. The Morgan fingerprint density at radius 3 is 2.53 bits per heavy atom. The van der Waals surface area contributed by atoms with Crippen LogP contribution < -0.4 is 5.73 Å². The van der Waals surface area contributed by atoms with Gasteiger partial charge in [0.2, 0.25) is 0 Å². The summed E-state index contributed by atoms with van der Waals surface area (Å²) in [5.74, 6) is 0. The van der Waals surface area contributed by atoms with Gasteiger partial charge >= 0.3 is 0 Å². The van der Waals surface area contributed by atoms with Crippen LogP contribution in [0.5, 0.6) is 0 Å². The largest absolute Gasteiger partial charge is 0.375 e. The fourth-order valence-electron chi connectivity index (χ4n) is 1.38. The van der Waals surface area contributed by atoms with Gasteiger partial charge in [-0.25, -0.2) is 4.98 Å². The van der Waals surface area contributed by atoms with Crippen LogP contribution in [0.4, 0.5) is 5.13 Å². The van der Waals surface area contributed by atoms with Crippen molar-refractivity contribution in [2.45, 2.75) is 13.8 Å². The molecule has 0 bridgehead atoms. The fraction of sp³-hybridized carbons (Fsp3) is 0.182. The number of nitrogen functional groups attached to an aromatic ring is 1. The van der Waals surface area contributed by atoms with E-state index in [1.54, 1.807) is 0 Å². The SMILES string of the molecule is Cc1ccc(-c2nc(N)sc2Br)cc1C. The van der Waals surface area contributed by atoms with Crippen molar-refractivity contribution in [1.82, 2.24) is 4.98 Å². The molecule has 78 valence electrons. The Kier molecular flexibility index (Phi) is 2.80. The zero-order valence-electron chi connectivity index (χ0n) is 8.54. The van der Waals surface area contributed by atoms with Crippen LogP contribution in [-0.4, -0.2) is 4.98 Å². The summed E-state index contributed by atoms with van der Waals surface area (Å²) < 4.78 is 0.989. The van der Waals surface area contributed by atoms with Gasteiger partial charge in [0.05, 0.1) is 9.48 Å². The second-order valence-corrected chi connectivity index (χ2v) is 5.82. The van der Waals surface area contributed by atoms with E-state index in [1.807, 2.05) is 0 Å². The summed E-state index contributed by atoms with van der Waals surface area (Å²) in [6.07, 6.45) is 0. The number of aryl methyl sites for hydroxylation is 2. The van der Waals surface area contributed by atoms with E-state index < -0.39 is 0 Å². The number of aromatic nitrogens is 1. The van der Waals surface area contributed by atoms with Crippen molar-refractivity contribution in [3.8, 4) is 11.3 Å². The molecule has 0 fully saturated rings. The molecule has 2 N–H and O–H groups in total. The molecule has 2 rings (SSSR count). The minimum atomic E-state index is 0.593. The maximum absolute atomic E-state index is 5.66. The molecule has 1 aromatic carbocycles. The van der Waals surface area contributed by atoms with Crippen LogP contribution in [0.3, 0.4) is 0 Å². The van der Waals surface area contributed by atoms with Gasteiger partial charge in [-0.05, 0) is 47.0 Å². The predicted octanol–water partition coefficient (Wildman–Crippen LogP) is 3.77. The van der Waals surface area contributed by atoms with E-state index in [9.17, 15) is 0 Å². The number of nitrogens with two attached hydrogens (primary N) is 1. The highest BCUT2D eigenvalue weighted by molar-refractivity contribution is 9.11. The zero-order valence-corrected chi connectivity index (χ0v) is 10.9. The summed E-state index contributed by atoms with van der Waals surface area (Å²) >= 11 is 4.93. The normalized spacial score (nSPS) is 10.6. The lowest BCUT2D eigenvalue weighted by atomic mass is 10.1. The third-order valence-corrected chi connectivity index (χ3v) is 3.92. The molecule has 0 saturated carbocycles. The average Bonchev–Trinajstić information content (AvgIpc) is 2.50. The second-order valence-electron chi connectivity index (χ2n) is 3.47. The Bertz CT molecular complexity index is 505. The van der Waals surface area contributed by atoms with Crippen LogP contribution in [-0.2, 0) is 0 Å². The number of rotatable bonds is 1. The topological polar surface area (TPSA) is 38.9 Å². The van der Waals surface area contributed by atoms with Crippen molar-refractivity contribution in [1.29, 1.82) is 0 Å². The minimum absolute atomic E-state index is 0.593. The van der Waals surface area contributed by atoms with Crippen molar-refractivity contribution in [3.05, 3.63) is 33.1 Å². The van der Waals surface area contributed by atoms with E-state index in [0.717, 1.165) is 15.0 Å². The molecule has 2 nitrogen and oxygen atoms in total. The van der Waals surface area contributed by atoms with Gasteiger partial charge in [-0.2, -0.15) is 0 Å². The molecular formula is C11H11BrN2S. The van der Waals surface area contributed by atoms with Crippen molar-refractivity contribution >= 4 is 32.4 Å². The van der Waals surface area contributed by atoms with Gasteiger partial charge in [0.25, 0.3) is 0 Å². The van der Waals surface area contributed by atoms with E-state index in [0.29, 0.717) is 5.13 Å². The van der Waals surface area contributed by atoms with E-state index in [1.165, 1.54) is 22.5 Å². The van der Waals surface area contributed by atoms with Crippen LogP contribution in [0.1, 0.15) is 11.1 Å². The molecule has 0 amide bonds. The van der Waals surface area contributed by atoms with Crippen LogP contribution in [0, 0.1) is 13.8 Å². The molecule has 0 radical (unpaired) electrons. The number of anilines is 1. The Morgan fingerprint density at radius 1 is 1.27 bits per heavy atom.